The van der Waals surface area contributed by atoms with Gasteiger partial charge in [-0.2, -0.15) is 0 Å². The lowest BCUT2D eigenvalue weighted by Crippen LogP contribution is -2.54. The first-order chi connectivity index (χ1) is 14.3. The molecule has 160 valence electrons. The average molecular weight is 411 g/mol. The molecule has 1 aliphatic heterocycles. The Labute approximate surface area is 178 Å². The van der Waals surface area contributed by atoms with Crippen molar-refractivity contribution in [1.82, 2.24) is 9.80 Å². The van der Waals surface area contributed by atoms with E-state index in [0.29, 0.717) is 43.2 Å². The molecule has 1 fully saturated rings. The van der Waals surface area contributed by atoms with Crippen molar-refractivity contribution in [1.29, 1.82) is 0 Å². The molecule has 2 amide bonds. The molecule has 6 nitrogen and oxygen atoms in total. The number of nitrogens with zero attached hydrogens (tertiary/aromatic N) is 2. The normalized spacial score (nSPS) is 14.4. The Kier molecular flexibility index (Phi) is 6.34. The van der Waals surface area contributed by atoms with Gasteiger partial charge in [-0.1, -0.05) is 30.3 Å². The standard InChI is InChI=1S/C24H30N2O4/c1-17-20(29-4)15-18(16-21(17)30-5)22(27)25-11-13-26(14-12-25)23(28)24(2,3)19-9-7-6-8-10-19/h6-10,15-16H,11-14H2,1-5H3. The van der Waals surface area contributed by atoms with Crippen LogP contribution in [-0.2, 0) is 10.2 Å². The zero-order valence-electron chi connectivity index (χ0n) is 18.4. The van der Waals surface area contributed by atoms with E-state index in [9.17, 15) is 9.59 Å². The van der Waals surface area contributed by atoms with Crippen molar-refractivity contribution >= 4 is 11.8 Å². The van der Waals surface area contributed by atoms with E-state index in [0.717, 1.165) is 11.1 Å². The Balaban J connectivity index is 1.70. The van der Waals surface area contributed by atoms with Crippen molar-refractivity contribution in [2.75, 3.05) is 40.4 Å². The van der Waals surface area contributed by atoms with Gasteiger partial charge in [0.2, 0.25) is 5.91 Å². The molecule has 1 aliphatic rings. The van der Waals surface area contributed by atoms with Crippen LogP contribution in [0, 0.1) is 6.92 Å². The topological polar surface area (TPSA) is 59.1 Å². The van der Waals surface area contributed by atoms with Gasteiger partial charge in [0, 0.05) is 37.3 Å². The lowest BCUT2D eigenvalue weighted by atomic mass is 9.83. The van der Waals surface area contributed by atoms with Crippen LogP contribution in [0.4, 0.5) is 0 Å². The molecule has 6 heteroatoms. The third-order valence-electron chi connectivity index (χ3n) is 5.88. The maximum absolute atomic E-state index is 13.2. The second-order valence-corrected chi connectivity index (χ2v) is 8.08. The Bertz CT molecular complexity index is 891. The number of amides is 2. The van der Waals surface area contributed by atoms with Gasteiger partial charge >= 0.3 is 0 Å². The predicted octanol–water partition coefficient (Wildman–Crippen LogP) is 3.27. The quantitative estimate of drug-likeness (QED) is 0.759. The van der Waals surface area contributed by atoms with E-state index in [1.807, 2.05) is 56.0 Å². The van der Waals surface area contributed by atoms with E-state index in [1.54, 1.807) is 31.3 Å². The second kappa shape index (κ2) is 8.78. The van der Waals surface area contributed by atoms with Crippen LogP contribution in [0.25, 0.3) is 0 Å². The van der Waals surface area contributed by atoms with E-state index < -0.39 is 5.41 Å². The Morgan fingerprint density at radius 2 is 1.37 bits per heavy atom. The fourth-order valence-corrected chi connectivity index (χ4v) is 3.88. The first-order valence-electron chi connectivity index (χ1n) is 10.2. The molecule has 1 saturated heterocycles. The summed E-state index contributed by atoms with van der Waals surface area (Å²) in [5.41, 5.74) is 1.77. The van der Waals surface area contributed by atoms with Crippen molar-refractivity contribution in [2.45, 2.75) is 26.2 Å². The van der Waals surface area contributed by atoms with Crippen molar-refractivity contribution < 1.29 is 19.1 Å². The van der Waals surface area contributed by atoms with Gasteiger partial charge in [-0.25, -0.2) is 0 Å². The molecule has 2 aromatic carbocycles. The van der Waals surface area contributed by atoms with Gasteiger partial charge in [-0.3, -0.25) is 9.59 Å². The van der Waals surface area contributed by atoms with Gasteiger partial charge in [0.05, 0.1) is 19.6 Å². The molecule has 2 aromatic rings. The minimum atomic E-state index is -0.606. The lowest BCUT2D eigenvalue weighted by molar-refractivity contribution is -0.137. The van der Waals surface area contributed by atoms with Crippen molar-refractivity contribution in [3.8, 4) is 11.5 Å². The Morgan fingerprint density at radius 1 is 0.867 bits per heavy atom. The molecule has 0 saturated carbocycles. The molecule has 30 heavy (non-hydrogen) atoms. The van der Waals surface area contributed by atoms with Crippen LogP contribution in [0.15, 0.2) is 42.5 Å². The number of benzene rings is 2. The molecular weight excluding hydrogens is 380 g/mol. The molecule has 0 bridgehead atoms. The SMILES string of the molecule is COc1cc(C(=O)N2CCN(C(=O)C(C)(C)c3ccccc3)CC2)cc(OC)c1C. The highest BCUT2D eigenvalue weighted by molar-refractivity contribution is 5.95. The van der Waals surface area contributed by atoms with Crippen LogP contribution >= 0.6 is 0 Å². The smallest absolute Gasteiger partial charge is 0.254 e. The van der Waals surface area contributed by atoms with Crippen LogP contribution in [-0.4, -0.2) is 62.0 Å². The maximum atomic E-state index is 13.2. The van der Waals surface area contributed by atoms with Crippen LogP contribution < -0.4 is 9.47 Å². The highest BCUT2D eigenvalue weighted by Gasteiger charge is 2.35. The van der Waals surface area contributed by atoms with Crippen molar-refractivity contribution in [3.05, 3.63) is 59.2 Å². The number of piperazine rings is 1. The Hall–Kier alpha value is -3.02. The van der Waals surface area contributed by atoms with Gasteiger partial charge in [0.25, 0.3) is 5.91 Å². The van der Waals surface area contributed by atoms with Crippen LogP contribution in [0.1, 0.15) is 35.3 Å². The van der Waals surface area contributed by atoms with Crippen LogP contribution in [0.2, 0.25) is 0 Å². The second-order valence-electron chi connectivity index (χ2n) is 8.08. The zero-order valence-corrected chi connectivity index (χ0v) is 18.4. The molecule has 0 atom stereocenters. The van der Waals surface area contributed by atoms with E-state index in [2.05, 4.69) is 0 Å². The number of hydrogen-bond acceptors (Lipinski definition) is 4. The summed E-state index contributed by atoms with van der Waals surface area (Å²) in [6.07, 6.45) is 0. The number of methoxy groups -OCH3 is 2. The van der Waals surface area contributed by atoms with E-state index in [1.165, 1.54) is 0 Å². The molecular formula is C24H30N2O4. The van der Waals surface area contributed by atoms with Gasteiger partial charge < -0.3 is 19.3 Å². The predicted molar refractivity (Wildman–Crippen MR) is 116 cm³/mol. The van der Waals surface area contributed by atoms with E-state index in [-0.39, 0.29) is 11.8 Å². The monoisotopic (exact) mass is 410 g/mol. The Morgan fingerprint density at radius 3 is 1.87 bits per heavy atom. The van der Waals surface area contributed by atoms with Crippen molar-refractivity contribution in [2.24, 2.45) is 0 Å². The molecule has 0 aromatic heterocycles. The summed E-state index contributed by atoms with van der Waals surface area (Å²) in [5.74, 6) is 1.24. The molecule has 0 spiro atoms. The summed E-state index contributed by atoms with van der Waals surface area (Å²) < 4.78 is 10.8. The zero-order chi connectivity index (χ0) is 21.9. The summed E-state index contributed by atoms with van der Waals surface area (Å²) in [4.78, 5) is 29.8. The van der Waals surface area contributed by atoms with Crippen LogP contribution in [0.5, 0.6) is 11.5 Å². The van der Waals surface area contributed by atoms with Gasteiger partial charge in [-0.05, 0) is 38.5 Å². The van der Waals surface area contributed by atoms with Crippen molar-refractivity contribution in [3.63, 3.8) is 0 Å². The summed E-state index contributed by atoms with van der Waals surface area (Å²) in [6, 6.07) is 13.3. The fraction of sp³-hybridized carbons (Fsp3) is 0.417. The lowest BCUT2D eigenvalue weighted by Gasteiger charge is -2.39. The number of rotatable bonds is 5. The highest BCUT2D eigenvalue weighted by atomic mass is 16.5. The molecule has 3 rings (SSSR count). The fourth-order valence-electron chi connectivity index (χ4n) is 3.88. The third kappa shape index (κ3) is 4.13. The molecule has 0 aliphatic carbocycles. The third-order valence-corrected chi connectivity index (χ3v) is 5.88. The minimum Gasteiger partial charge on any atom is -0.496 e. The average Bonchev–Trinajstić information content (AvgIpc) is 2.79. The molecule has 0 N–H and O–H groups in total. The molecule has 1 heterocycles. The first kappa shape index (κ1) is 21.7. The highest BCUT2D eigenvalue weighted by Crippen LogP contribution is 2.30. The van der Waals surface area contributed by atoms with Crippen LogP contribution in [0.3, 0.4) is 0 Å². The molecule has 0 unspecified atom stereocenters. The van der Waals surface area contributed by atoms with Gasteiger partial charge in [0.1, 0.15) is 11.5 Å². The van der Waals surface area contributed by atoms with Gasteiger partial charge in [0.15, 0.2) is 0 Å². The first-order valence-corrected chi connectivity index (χ1v) is 10.2. The maximum Gasteiger partial charge on any atom is 0.254 e. The summed E-state index contributed by atoms with van der Waals surface area (Å²) in [7, 11) is 3.16. The summed E-state index contributed by atoms with van der Waals surface area (Å²) >= 11 is 0. The summed E-state index contributed by atoms with van der Waals surface area (Å²) in [6.45, 7) is 7.81. The van der Waals surface area contributed by atoms with E-state index >= 15 is 0 Å². The minimum absolute atomic E-state index is 0.0824. The number of ether oxygens (including phenoxy) is 2. The molecule has 0 radical (unpaired) electrons. The number of carbonyl (C=O) groups excluding carboxylic acids is 2. The number of carbonyl (C=O) groups is 2. The van der Waals surface area contributed by atoms with Gasteiger partial charge in [-0.15, -0.1) is 0 Å². The van der Waals surface area contributed by atoms with E-state index in [4.69, 9.17) is 9.47 Å². The number of hydrogen-bond donors (Lipinski definition) is 0. The largest absolute Gasteiger partial charge is 0.496 e. The summed E-state index contributed by atoms with van der Waals surface area (Å²) in [5, 5.41) is 0.